The highest BCUT2D eigenvalue weighted by molar-refractivity contribution is 5.52. The fourth-order valence-corrected chi connectivity index (χ4v) is 6.90. The smallest absolute Gasteiger partial charge is 0.122 e. The van der Waals surface area contributed by atoms with E-state index in [2.05, 4.69) is 86.6 Å². The van der Waals surface area contributed by atoms with Gasteiger partial charge in [0.05, 0.1) is 0 Å². The number of phenolic OH excluding ortho intramolecular Hbond substituents is 2. The fourth-order valence-electron chi connectivity index (χ4n) is 6.90. The molecule has 0 aliphatic carbocycles. The van der Waals surface area contributed by atoms with Gasteiger partial charge in [-0.25, -0.2) is 0 Å². The van der Waals surface area contributed by atoms with Gasteiger partial charge in [0.25, 0.3) is 0 Å². The summed E-state index contributed by atoms with van der Waals surface area (Å²) in [5.41, 5.74) is 8.79. The third-order valence-corrected chi connectivity index (χ3v) is 9.65. The molecule has 4 aromatic carbocycles. The van der Waals surface area contributed by atoms with Crippen molar-refractivity contribution in [2.24, 2.45) is 0 Å². The monoisotopic (exact) mass is 632 g/mol. The first-order valence-corrected chi connectivity index (χ1v) is 18.8. The Morgan fingerprint density at radius 3 is 1.04 bits per heavy atom. The first-order chi connectivity index (χ1) is 23.1. The maximum absolute atomic E-state index is 11.7. The van der Waals surface area contributed by atoms with Crippen molar-refractivity contribution < 1.29 is 10.2 Å². The topological polar surface area (TPSA) is 40.5 Å². The molecule has 0 atom stereocenters. The summed E-state index contributed by atoms with van der Waals surface area (Å²) in [5, 5.41) is 23.3. The zero-order chi connectivity index (χ0) is 33.1. The molecule has 0 bridgehead atoms. The standard InChI is InChI=1S/C45H60O2/c1-3-5-7-9-11-13-17-27-38-31-40(29-36-23-19-15-20-24-36)44(46)42(33-38)35-43-34-39(28-18-14-12-10-8-6-4-2)32-41(45(43)47)30-37-25-21-16-22-26-37/h15-16,19-26,31-34,46-47H,3-14,17-18,27-30,35H2,1-2H3. The third-order valence-electron chi connectivity index (χ3n) is 9.65. The molecule has 252 valence electrons. The van der Waals surface area contributed by atoms with Crippen LogP contribution in [0.3, 0.4) is 0 Å². The van der Waals surface area contributed by atoms with Gasteiger partial charge in [-0.3, -0.25) is 0 Å². The van der Waals surface area contributed by atoms with Gasteiger partial charge in [0, 0.05) is 19.3 Å². The van der Waals surface area contributed by atoms with Gasteiger partial charge in [0.15, 0.2) is 0 Å². The number of rotatable bonds is 22. The second-order valence-corrected chi connectivity index (χ2v) is 13.8. The molecule has 0 aliphatic heterocycles. The zero-order valence-electron chi connectivity index (χ0n) is 29.4. The SMILES string of the molecule is CCCCCCCCCc1cc(Cc2ccccc2)c(O)c(Cc2cc(CCCCCCCCC)cc(Cc3ccccc3)c2O)c1. The van der Waals surface area contributed by atoms with Gasteiger partial charge in [-0.05, 0) is 70.2 Å². The van der Waals surface area contributed by atoms with E-state index in [4.69, 9.17) is 0 Å². The number of hydrogen-bond acceptors (Lipinski definition) is 2. The lowest BCUT2D eigenvalue weighted by molar-refractivity contribution is 0.456. The molecule has 0 heterocycles. The van der Waals surface area contributed by atoms with Crippen LogP contribution < -0.4 is 0 Å². The summed E-state index contributed by atoms with van der Waals surface area (Å²) in [6.07, 6.45) is 22.0. The van der Waals surface area contributed by atoms with Gasteiger partial charge in [-0.2, -0.15) is 0 Å². The quantitative estimate of drug-likeness (QED) is 0.0846. The van der Waals surface area contributed by atoms with Gasteiger partial charge in [-0.15, -0.1) is 0 Å². The van der Waals surface area contributed by atoms with Crippen LogP contribution in [0.1, 0.15) is 148 Å². The minimum absolute atomic E-state index is 0.374. The van der Waals surface area contributed by atoms with E-state index in [1.54, 1.807) is 0 Å². The fraction of sp³-hybridized carbons (Fsp3) is 0.467. The number of aryl methyl sites for hydroxylation is 2. The van der Waals surface area contributed by atoms with Crippen LogP contribution in [0.5, 0.6) is 11.5 Å². The van der Waals surface area contributed by atoms with Gasteiger partial charge >= 0.3 is 0 Å². The molecule has 0 spiro atoms. The van der Waals surface area contributed by atoms with E-state index in [0.717, 1.165) is 35.1 Å². The second-order valence-electron chi connectivity index (χ2n) is 13.8. The molecule has 0 aliphatic rings. The predicted octanol–water partition coefficient (Wildman–Crippen LogP) is 12.5. The molecule has 4 rings (SSSR count). The van der Waals surface area contributed by atoms with Crippen LogP contribution in [0.2, 0.25) is 0 Å². The summed E-state index contributed by atoms with van der Waals surface area (Å²) >= 11 is 0. The molecular formula is C45H60O2. The Balaban J connectivity index is 1.57. The first kappa shape index (κ1) is 36.3. The minimum atomic E-state index is 0.374. The normalized spacial score (nSPS) is 11.3. The summed E-state index contributed by atoms with van der Waals surface area (Å²) in [6, 6.07) is 29.8. The Morgan fingerprint density at radius 1 is 0.362 bits per heavy atom. The summed E-state index contributed by atoms with van der Waals surface area (Å²) in [5.74, 6) is 0.748. The molecule has 4 aromatic rings. The molecule has 2 heteroatoms. The van der Waals surface area contributed by atoms with Crippen LogP contribution in [-0.2, 0) is 32.1 Å². The largest absolute Gasteiger partial charge is 0.507 e. The van der Waals surface area contributed by atoms with Crippen molar-refractivity contribution in [2.45, 2.75) is 136 Å². The van der Waals surface area contributed by atoms with E-state index in [1.807, 2.05) is 12.1 Å². The molecule has 0 saturated carbocycles. The predicted molar refractivity (Wildman–Crippen MR) is 201 cm³/mol. The lowest BCUT2D eigenvalue weighted by atomic mass is 9.90. The molecule has 47 heavy (non-hydrogen) atoms. The maximum atomic E-state index is 11.7. The number of unbranched alkanes of at least 4 members (excludes halogenated alkanes) is 12. The number of benzene rings is 4. The zero-order valence-corrected chi connectivity index (χ0v) is 29.4. The van der Waals surface area contributed by atoms with Gasteiger partial charge in [-0.1, -0.05) is 176 Å². The van der Waals surface area contributed by atoms with Crippen LogP contribution in [-0.4, -0.2) is 10.2 Å². The van der Waals surface area contributed by atoms with Crippen molar-refractivity contribution in [1.29, 1.82) is 0 Å². The Morgan fingerprint density at radius 2 is 0.681 bits per heavy atom. The minimum Gasteiger partial charge on any atom is -0.507 e. The molecule has 0 fully saturated rings. The average molecular weight is 633 g/mol. The van der Waals surface area contributed by atoms with Crippen molar-refractivity contribution in [3.05, 3.63) is 129 Å². The summed E-state index contributed by atoms with van der Waals surface area (Å²) in [7, 11) is 0. The number of hydrogen-bond donors (Lipinski definition) is 2. The average Bonchev–Trinajstić information content (AvgIpc) is 3.08. The number of phenols is 2. The summed E-state index contributed by atoms with van der Waals surface area (Å²) in [4.78, 5) is 0. The highest BCUT2D eigenvalue weighted by Gasteiger charge is 2.17. The molecule has 2 nitrogen and oxygen atoms in total. The Labute approximate surface area is 286 Å². The Kier molecular flexibility index (Phi) is 16.0. The van der Waals surface area contributed by atoms with E-state index in [-0.39, 0.29) is 0 Å². The van der Waals surface area contributed by atoms with E-state index in [9.17, 15) is 10.2 Å². The van der Waals surface area contributed by atoms with E-state index >= 15 is 0 Å². The van der Waals surface area contributed by atoms with Gasteiger partial charge in [0.1, 0.15) is 11.5 Å². The van der Waals surface area contributed by atoms with Crippen molar-refractivity contribution in [2.75, 3.05) is 0 Å². The first-order valence-electron chi connectivity index (χ1n) is 18.8. The highest BCUT2D eigenvalue weighted by Crippen LogP contribution is 2.35. The van der Waals surface area contributed by atoms with E-state index in [0.29, 0.717) is 30.8 Å². The van der Waals surface area contributed by atoms with Crippen LogP contribution >= 0.6 is 0 Å². The Bertz CT molecular complexity index is 1330. The van der Waals surface area contributed by atoms with Crippen molar-refractivity contribution in [3.8, 4) is 11.5 Å². The van der Waals surface area contributed by atoms with E-state index < -0.39 is 0 Å². The molecule has 2 N–H and O–H groups in total. The molecular weight excluding hydrogens is 572 g/mol. The summed E-state index contributed by atoms with van der Waals surface area (Å²) in [6.45, 7) is 4.54. The lowest BCUT2D eigenvalue weighted by Crippen LogP contribution is -2.01. The molecule has 0 saturated heterocycles. The van der Waals surface area contributed by atoms with Crippen LogP contribution in [0.15, 0.2) is 84.9 Å². The van der Waals surface area contributed by atoms with Gasteiger partial charge in [0.2, 0.25) is 0 Å². The Hall–Kier alpha value is -3.52. The van der Waals surface area contributed by atoms with Crippen molar-refractivity contribution >= 4 is 0 Å². The molecule has 0 unspecified atom stereocenters. The second kappa shape index (κ2) is 20.7. The van der Waals surface area contributed by atoms with Crippen molar-refractivity contribution in [1.82, 2.24) is 0 Å². The maximum Gasteiger partial charge on any atom is 0.122 e. The number of aromatic hydroxyl groups is 2. The molecule has 0 radical (unpaired) electrons. The third kappa shape index (κ3) is 12.5. The van der Waals surface area contributed by atoms with Crippen molar-refractivity contribution in [3.63, 3.8) is 0 Å². The van der Waals surface area contributed by atoms with Crippen LogP contribution in [0.25, 0.3) is 0 Å². The van der Waals surface area contributed by atoms with E-state index in [1.165, 1.54) is 112 Å². The lowest BCUT2D eigenvalue weighted by Gasteiger charge is -2.17. The summed E-state index contributed by atoms with van der Waals surface area (Å²) < 4.78 is 0. The van der Waals surface area contributed by atoms with Crippen LogP contribution in [0, 0.1) is 0 Å². The van der Waals surface area contributed by atoms with Crippen LogP contribution in [0.4, 0.5) is 0 Å². The molecule has 0 aromatic heterocycles. The highest BCUT2D eigenvalue weighted by atomic mass is 16.3. The molecule has 0 amide bonds. The van der Waals surface area contributed by atoms with Gasteiger partial charge < -0.3 is 10.2 Å².